The molecule has 0 radical (unpaired) electrons. The van der Waals surface area contributed by atoms with Gasteiger partial charge in [-0.05, 0) is 11.6 Å². The zero-order valence-corrected chi connectivity index (χ0v) is 13.9. The van der Waals surface area contributed by atoms with Gasteiger partial charge in [-0.25, -0.2) is 9.78 Å². The van der Waals surface area contributed by atoms with E-state index in [2.05, 4.69) is 9.88 Å². The van der Waals surface area contributed by atoms with Crippen LogP contribution < -0.4 is 4.90 Å². The maximum absolute atomic E-state index is 12.7. The number of hydrogen-bond acceptors (Lipinski definition) is 6. The first-order chi connectivity index (χ1) is 11.7. The molecule has 1 amide bonds. The van der Waals surface area contributed by atoms with Gasteiger partial charge in [0.1, 0.15) is 0 Å². The van der Waals surface area contributed by atoms with Crippen molar-refractivity contribution in [2.45, 2.75) is 12.5 Å². The molecule has 0 bridgehead atoms. The van der Waals surface area contributed by atoms with E-state index < -0.39 is 12.1 Å². The zero-order chi connectivity index (χ0) is 16.5. The smallest absolute Gasteiger partial charge is 0.339 e. The highest BCUT2D eigenvalue weighted by Crippen LogP contribution is 2.23. The Bertz CT molecular complexity index is 754. The quantitative estimate of drug-likeness (QED) is 0.775. The highest BCUT2D eigenvalue weighted by Gasteiger charge is 2.35. The van der Waals surface area contributed by atoms with E-state index in [0.29, 0.717) is 25.1 Å². The summed E-state index contributed by atoms with van der Waals surface area (Å²) in [5, 5.41) is 2.94. The highest BCUT2D eigenvalue weighted by molar-refractivity contribution is 7.13. The Morgan fingerprint density at radius 1 is 1.21 bits per heavy atom. The van der Waals surface area contributed by atoms with E-state index in [9.17, 15) is 9.59 Å². The highest BCUT2D eigenvalue weighted by atomic mass is 32.1. The predicted molar refractivity (Wildman–Crippen MR) is 90.3 cm³/mol. The number of benzene rings is 1. The van der Waals surface area contributed by atoms with Crippen LogP contribution in [0.3, 0.4) is 0 Å². The number of amides is 1. The van der Waals surface area contributed by atoms with Crippen LogP contribution in [0.25, 0.3) is 0 Å². The fraction of sp³-hybridized carbons (Fsp3) is 0.353. The number of piperazine rings is 1. The lowest BCUT2D eigenvalue weighted by atomic mass is 9.98. The number of cyclic esters (lactones) is 1. The first kappa shape index (κ1) is 15.1. The molecule has 7 heteroatoms. The molecular weight excluding hydrogens is 326 g/mol. The topological polar surface area (TPSA) is 62.7 Å². The summed E-state index contributed by atoms with van der Waals surface area (Å²) < 4.78 is 5.37. The molecule has 124 valence electrons. The Morgan fingerprint density at radius 2 is 2.00 bits per heavy atom. The van der Waals surface area contributed by atoms with Gasteiger partial charge in [-0.2, -0.15) is 0 Å². The van der Waals surface area contributed by atoms with E-state index in [1.807, 2.05) is 17.5 Å². The van der Waals surface area contributed by atoms with E-state index in [4.69, 9.17) is 4.74 Å². The van der Waals surface area contributed by atoms with Crippen molar-refractivity contribution in [1.82, 2.24) is 9.88 Å². The number of carbonyl (C=O) groups is 2. The van der Waals surface area contributed by atoms with Gasteiger partial charge >= 0.3 is 5.97 Å². The zero-order valence-electron chi connectivity index (χ0n) is 13.1. The fourth-order valence-electron chi connectivity index (χ4n) is 3.16. The van der Waals surface area contributed by atoms with Crippen molar-refractivity contribution in [3.05, 3.63) is 47.0 Å². The van der Waals surface area contributed by atoms with Crippen molar-refractivity contribution < 1.29 is 14.3 Å². The van der Waals surface area contributed by atoms with Crippen molar-refractivity contribution >= 4 is 28.3 Å². The van der Waals surface area contributed by atoms with Gasteiger partial charge in [-0.1, -0.05) is 18.2 Å². The summed E-state index contributed by atoms with van der Waals surface area (Å²) in [6, 6.07) is 7.31. The molecule has 4 rings (SSSR count). The minimum absolute atomic E-state index is 0.100. The second kappa shape index (κ2) is 6.24. The molecule has 0 spiro atoms. The average molecular weight is 343 g/mol. The molecule has 6 nitrogen and oxygen atoms in total. The maximum atomic E-state index is 12.7. The van der Waals surface area contributed by atoms with E-state index in [0.717, 1.165) is 23.8 Å². The molecular formula is C17H17N3O3S. The SMILES string of the molecule is O=C1O[C@@H](C(=O)N2CCN(c3nccs3)CC2)Cc2ccccc21. The molecule has 0 N–H and O–H groups in total. The summed E-state index contributed by atoms with van der Waals surface area (Å²) in [5.41, 5.74) is 1.45. The molecule has 0 unspecified atom stereocenters. The minimum atomic E-state index is -0.709. The van der Waals surface area contributed by atoms with Crippen LogP contribution in [0.2, 0.25) is 0 Å². The number of rotatable bonds is 2. The van der Waals surface area contributed by atoms with Crippen molar-refractivity contribution in [1.29, 1.82) is 0 Å². The first-order valence-corrected chi connectivity index (χ1v) is 8.82. The van der Waals surface area contributed by atoms with E-state index in [1.54, 1.807) is 34.6 Å². The Kier molecular flexibility index (Phi) is 3.93. The monoisotopic (exact) mass is 343 g/mol. The van der Waals surface area contributed by atoms with Crippen LogP contribution >= 0.6 is 11.3 Å². The lowest BCUT2D eigenvalue weighted by Gasteiger charge is -2.36. The van der Waals surface area contributed by atoms with E-state index >= 15 is 0 Å². The largest absolute Gasteiger partial charge is 0.448 e. The Balaban J connectivity index is 1.41. The summed E-state index contributed by atoms with van der Waals surface area (Å²) in [6.07, 6.45) is 1.53. The van der Waals surface area contributed by atoms with Crippen LogP contribution in [-0.2, 0) is 16.0 Å². The fourth-order valence-corrected chi connectivity index (χ4v) is 3.86. The second-order valence-corrected chi connectivity index (χ2v) is 6.76. The molecule has 3 heterocycles. The molecule has 24 heavy (non-hydrogen) atoms. The van der Waals surface area contributed by atoms with Crippen LogP contribution in [-0.4, -0.2) is 54.0 Å². The summed E-state index contributed by atoms with van der Waals surface area (Å²) in [6.45, 7) is 2.73. The lowest BCUT2D eigenvalue weighted by Crippen LogP contribution is -2.53. The molecule has 0 aliphatic carbocycles. The summed E-state index contributed by atoms with van der Waals surface area (Å²) in [7, 11) is 0. The molecule has 1 aromatic heterocycles. The van der Waals surface area contributed by atoms with Crippen molar-refractivity contribution in [2.24, 2.45) is 0 Å². The minimum Gasteiger partial charge on any atom is -0.448 e. The number of hydrogen-bond donors (Lipinski definition) is 0. The van der Waals surface area contributed by atoms with E-state index in [-0.39, 0.29) is 5.91 Å². The van der Waals surface area contributed by atoms with E-state index in [1.165, 1.54) is 0 Å². The standard InChI is InChI=1S/C17H17N3O3S/c21-15(14-11-12-3-1-2-4-13(12)16(22)23-14)19-6-8-20(9-7-19)17-18-5-10-24-17/h1-5,10,14H,6-9,11H2/t14-/m1/s1. The number of aromatic nitrogens is 1. The van der Waals surface area contributed by atoms with Gasteiger partial charge in [-0.15, -0.1) is 11.3 Å². The van der Waals surface area contributed by atoms with Gasteiger partial charge in [0.05, 0.1) is 5.56 Å². The Hall–Kier alpha value is -2.41. The molecule has 2 aromatic rings. The summed E-state index contributed by atoms with van der Waals surface area (Å²) in [4.78, 5) is 33.1. The summed E-state index contributed by atoms with van der Waals surface area (Å²) >= 11 is 1.60. The Labute approximate surface area is 143 Å². The third kappa shape index (κ3) is 2.75. The van der Waals surface area contributed by atoms with Gasteiger partial charge in [-0.3, -0.25) is 4.79 Å². The maximum Gasteiger partial charge on any atom is 0.339 e. The number of thiazole rings is 1. The first-order valence-electron chi connectivity index (χ1n) is 7.94. The van der Waals surface area contributed by atoms with Gasteiger partial charge in [0, 0.05) is 44.2 Å². The van der Waals surface area contributed by atoms with Crippen LogP contribution in [0.1, 0.15) is 15.9 Å². The van der Waals surface area contributed by atoms with Gasteiger partial charge in [0.25, 0.3) is 5.91 Å². The molecule has 1 aromatic carbocycles. The second-order valence-electron chi connectivity index (χ2n) is 5.88. The lowest BCUT2D eigenvalue weighted by molar-refractivity contribution is -0.141. The summed E-state index contributed by atoms with van der Waals surface area (Å²) in [5.74, 6) is -0.506. The van der Waals surface area contributed by atoms with Crippen molar-refractivity contribution in [3.63, 3.8) is 0 Å². The van der Waals surface area contributed by atoms with Crippen molar-refractivity contribution in [3.8, 4) is 0 Å². The number of ether oxygens (including phenoxy) is 1. The molecule has 1 atom stereocenters. The third-order valence-electron chi connectivity index (χ3n) is 4.45. The predicted octanol–water partition coefficient (Wildman–Crippen LogP) is 1.57. The molecule has 1 saturated heterocycles. The number of carbonyl (C=O) groups excluding carboxylic acids is 2. The average Bonchev–Trinajstić information content (AvgIpc) is 3.16. The third-order valence-corrected chi connectivity index (χ3v) is 5.28. The van der Waals surface area contributed by atoms with Crippen LogP contribution in [0.15, 0.2) is 35.8 Å². The van der Waals surface area contributed by atoms with Gasteiger partial charge < -0.3 is 14.5 Å². The van der Waals surface area contributed by atoms with Crippen LogP contribution in [0.5, 0.6) is 0 Å². The number of anilines is 1. The molecule has 0 saturated carbocycles. The van der Waals surface area contributed by atoms with Crippen LogP contribution in [0, 0.1) is 0 Å². The number of nitrogens with zero attached hydrogens (tertiary/aromatic N) is 3. The van der Waals surface area contributed by atoms with Crippen LogP contribution in [0.4, 0.5) is 5.13 Å². The number of esters is 1. The van der Waals surface area contributed by atoms with Crippen molar-refractivity contribution in [2.75, 3.05) is 31.1 Å². The Morgan fingerprint density at radius 3 is 2.75 bits per heavy atom. The molecule has 1 fully saturated rings. The normalized spacial score (nSPS) is 20.5. The molecule has 2 aliphatic rings. The van der Waals surface area contributed by atoms with Gasteiger partial charge in [0.2, 0.25) is 0 Å². The molecule has 2 aliphatic heterocycles. The number of fused-ring (bicyclic) bond motifs is 1. The van der Waals surface area contributed by atoms with Gasteiger partial charge in [0.15, 0.2) is 11.2 Å².